The minimum Gasteiger partial charge on any atom is -0.344 e. The Morgan fingerprint density at radius 3 is 2.42 bits per heavy atom. The summed E-state index contributed by atoms with van der Waals surface area (Å²) in [6.45, 7) is 0.299. The van der Waals surface area contributed by atoms with E-state index in [1.165, 1.54) is 0 Å². The van der Waals surface area contributed by atoms with Crippen molar-refractivity contribution in [2.45, 2.75) is 6.54 Å². The largest absolute Gasteiger partial charge is 0.344 e. The molecule has 7 nitrogen and oxygen atoms in total. The predicted octanol–water partition coefficient (Wildman–Crippen LogP) is 1.52. The summed E-state index contributed by atoms with van der Waals surface area (Å²) < 4.78 is 1.70. The van der Waals surface area contributed by atoms with Gasteiger partial charge in [0.2, 0.25) is 0 Å². The molecule has 2 aromatic carbocycles. The molecule has 0 saturated heterocycles. The lowest BCUT2D eigenvalue weighted by molar-refractivity contribution is -0.136. The fourth-order valence-electron chi connectivity index (χ4n) is 2.12. The van der Waals surface area contributed by atoms with Gasteiger partial charge >= 0.3 is 11.8 Å². The van der Waals surface area contributed by atoms with Crippen molar-refractivity contribution in [2.24, 2.45) is 0 Å². The van der Waals surface area contributed by atoms with Gasteiger partial charge in [-0.25, -0.2) is 0 Å². The molecule has 0 saturated carbocycles. The number of hydrogen-bond donors (Lipinski definition) is 2. The van der Waals surface area contributed by atoms with Gasteiger partial charge in [-0.1, -0.05) is 36.4 Å². The summed E-state index contributed by atoms with van der Waals surface area (Å²) in [5, 5.41) is 12.6. The molecular weight excluding hydrogens is 306 g/mol. The minimum atomic E-state index is -0.716. The number of hydrogen-bond acceptors (Lipinski definition) is 4. The van der Waals surface area contributed by atoms with E-state index in [4.69, 9.17) is 0 Å². The molecule has 3 rings (SSSR count). The van der Waals surface area contributed by atoms with Crippen LogP contribution in [-0.4, -0.2) is 26.6 Å². The Kier molecular flexibility index (Phi) is 4.62. The molecule has 1 aromatic heterocycles. The number of nitrogens with one attached hydrogen (secondary N) is 2. The van der Waals surface area contributed by atoms with Crippen LogP contribution in [0.4, 0.5) is 5.69 Å². The molecule has 0 bridgehead atoms. The van der Waals surface area contributed by atoms with Gasteiger partial charge in [-0.2, -0.15) is 0 Å². The Labute approximate surface area is 138 Å². The van der Waals surface area contributed by atoms with Crippen molar-refractivity contribution < 1.29 is 9.59 Å². The van der Waals surface area contributed by atoms with E-state index in [-0.39, 0.29) is 0 Å². The van der Waals surface area contributed by atoms with Crippen LogP contribution < -0.4 is 10.6 Å². The quantitative estimate of drug-likeness (QED) is 0.713. The van der Waals surface area contributed by atoms with Crippen molar-refractivity contribution in [1.82, 2.24) is 20.1 Å². The number of carbonyl (C=O) groups is 2. The van der Waals surface area contributed by atoms with Gasteiger partial charge in [0.05, 0.1) is 5.69 Å². The maximum absolute atomic E-state index is 12.0. The Morgan fingerprint density at radius 1 is 0.917 bits per heavy atom. The molecule has 7 heteroatoms. The van der Waals surface area contributed by atoms with Gasteiger partial charge in [0.25, 0.3) is 0 Å². The molecule has 0 radical (unpaired) electrons. The van der Waals surface area contributed by atoms with Crippen LogP contribution in [0.5, 0.6) is 0 Å². The lowest BCUT2D eigenvalue weighted by Gasteiger charge is -2.08. The molecule has 0 spiro atoms. The SMILES string of the molecule is O=C(NCc1ccccc1)C(=O)Nc1cccc(-n2cnnc2)c1. The van der Waals surface area contributed by atoms with Gasteiger partial charge in [-0.3, -0.25) is 14.2 Å². The van der Waals surface area contributed by atoms with Crippen LogP contribution in [0, 0.1) is 0 Å². The molecule has 3 aromatic rings. The van der Waals surface area contributed by atoms with Crippen molar-refractivity contribution >= 4 is 17.5 Å². The number of nitrogens with zero attached hydrogens (tertiary/aromatic N) is 3. The van der Waals surface area contributed by atoms with Crippen LogP contribution in [0.25, 0.3) is 5.69 Å². The van der Waals surface area contributed by atoms with E-state index in [1.54, 1.807) is 35.4 Å². The van der Waals surface area contributed by atoms with E-state index in [0.29, 0.717) is 12.2 Å². The van der Waals surface area contributed by atoms with Gasteiger partial charge in [0, 0.05) is 12.2 Å². The zero-order chi connectivity index (χ0) is 16.8. The van der Waals surface area contributed by atoms with Crippen LogP contribution in [-0.2, 0) is 16.1 Å². The summed E-state index contributed by atoms with van der Waals surface area (Å²) in [7, 11) is 0. The molecular formula is C17H15N5O2. The summed E-state index contributed by atoms with van der Waals surface area (Å²) in [6.07, 6.45) is 3.10. The smallest absolute Gasteiger partial charge is 0.313 e. The van der Waals surface area contributed by atoms with E-state index in [0.717, 1.165) is 11.3 Å². The van der Waals surface area contributed by atoms with Gasteiger partial charge in [-0.15, -0.1) is 10.2 Å². The predicted molar refractivity (Wildman–Crippen MR) is 88.3 cm³/mol. The van der Waals surface area contributed by atoms with E-state index in [9.17, 15) is 9.59 Å². The maximum Gasteiger partial charge on any atom is 0.313 e. The van der Waals surface area contributed by atoms with Crippen molar-refractivity contribution in [1.29, 1.82) is 0 Å². The topological polar surface area (TPSA) is 88.9 Å². The molecule has 0 unspecified atom stereocenters. The average molecular weight is 321 g/mol. The maximum atomic E-state index is 12.0. The van der Waals surface area contributed by atoms with Crippen molar-refractivity contribution in [3.63, 3.8) is 0 Å². The molecule has 0 aliphatic carbocycles. The second-order valence-corrected chi connectivity index (χ2v) is 5.04. The van der Waals surface area contributed by atoms with Gasteiger partial charge in [0.1, 0.15) is 12.7 Å². The molecule has 0 aliphatic rings. The number of anilines is 1. The monoisotopic (exact) mass is 321 g/mol. The number of carbonyl (C=O) groups excluding carboxylic acids is 2. The minimum absolute atomic E-state index is 0.299. The van der Waals surface area contributed by atoms with Crippen LogP contribution in [0.1, 0.15) is 5.56 Å². The van der Waals surface area contributed by atoms with Gasteiger partial charge in [0.15, 0.2) is 0 Å². The van der Waals surface area contributed by atoms with E-state index >= 15 is 0 Å². The third kappa shape index (κ3) is 3.83. The molecule has 0 aliphatic heterocycles. The third-order valence-corrected chi connectivity index (χ3v) is 3.32. The fraction of sp³-hybridized carbons (Fsp3) is 0.0588. The zero-order valence-corrected chi connectivity index (χ0v) is 12.7. The summed E-state index contributed by atoms with van der Waals surface area (Å²) in [5.41, 5.74) is 2.22. The lowest BCUT2D eigenvalue weighted by atomic mass is 10.2. The highest BCUT2D eigenvalue weighted by molar-refractivity contribution is 6.39. The third-order valence-electron chi connectivity index (χ3n) is 3.32. The molecule has 1 heterocycles. The molecule has 0 fully saturated rings. The Hall–Kier alpha value is -3.48. The summed E-state index contributed by atoms with van der Waals surface area (Å²) in [6, 6.07) is 16.4. The molecule has 2 N–H and O–H groups in total. The second kappa shape index (κ2) is 7.19. The molecule has 2 amide bonds. The van der Waals surface area contributed by atoms with Crippen molar-refractivity contribution in [3.05, 3.63) is 72.8 Å². The molecule has 24 heavy (non-hydrogen) atoms. The van der Waals surface area contributed by atoms with Gasteiger partial charge in [-0.05, 0) is 23.8 Å². The lowest BCUT2D eigenvalue weighted by Crippen LogP contribution is -2.34. The van der Waals surface area contributed by atoms with Crippen LogP contribution in [0.2, 0.25) is 0 Å². The molecule has 0 atom stereocenters. The average Bonchev–Trinajstić information content (AvgIpc) is 3.15. The second-order valence-electron chi connectivity index (χ2n) is 5.04. The normalized spacial score (nSPS) is 10.2. The summed E-state index contributed by atoms with van der Waals surface area (Å²) in [4.78, 5) is 23.9. The van der Waals surface area contributed by atoms with Crippen molar-refractivity contribution in [2.75, 3.05) is 5.32 Å². The van der Waals surface area contributed by atoms with E-state index in [2.05, 4.69) is 20.8 Å². The van der Waals surface area contributed by atoms with Crippen LogP contribution >= 0.6 is 0 Å². The highest BCUT2D eigenvalue weighted by Crippen LogP contribution is 2.13. The standard InChI is InChI=1S/C17H15N5O2/c23-16(18-10-13-5-2-1-3-6-13)17(24)21-14-7-4-8-15(9-14)22-11-19-20-12-22/h1-9,11-12H,10H2,(H,18,23)(H,21,24). The summed E-state index contributed by atoms with van der Waals surface area (Å²) >= 11 is 0. The Balaban J connectivity index is 1.60. The fourth-order valence-corrected chi connectivity index (χ4v) is 2.12. The first-order valence-electron chi connectivity index (χ1n) is 7.30. The Bertz CT molecular complexity index is 831. The first kappa shape index (κ1) is 15.4. The molecule has 120 valence electrons. The number of benzene rings is 2. The van der Waals surface area contributed by atoms with E-state index in [1.807, 2.05) is 36.4 Å². The first-order valence-corrected chi connectivity index (χ1v) is 7.30. The number of amides is 2. The Morgan fingerprint density at radius 2 is 1.67 bits per heavy atom. The number of aromatic nitrogens is 3. The first-order chi connectivity index (χ1) is 11.7. The van der Waals surface area contributed by atoms with E-state index < -0.39 is 11.8 Å². The summed E-state index contributed by atoms with van der Waals surface area (Å²) in [5.74, 6) is -1.40. The van der Waals surface area contributed by atoms with Crippen LogP contribution in [0.3, 0.4) is 0 Å². The highest BCUT2D eigenvalue weighted by Gasteiger charge is 2.13. The van der Waals surface area contributed by atoms with Crippen LogP contribution in [0.15, 0.2) is 67.3 Å². The zero-order valence-electron chi connectivity index (χ0n) is 12.7. The van der Waals surface area contributed by atoms with Crippen molar-refractivity contribution in [3.8, 4) is 5.69 Å². The number of rotatable bonds is 4. The highest BCUT2D eigenvalue weighted by atomic mass is 16.2. The van der Waals surface area contributed by atoms with Gasteiger partial charge < -0.3 is 10.6 Å².